The van der Waals surface area contributed by atoms with Crippen LogP contribution in [0, 0.1) is 5.92 Å². The van der Waals surface area contributed by atoms with Crippen molar-refractivity contribution in [1.29, 1.82) is 0 Å². The Hall–Kier alpha value is -1.69. The van der Waals surface area contributed by atoms with Crippen LogP contribution >= 0.6 is 0 Å². The number of hydrogen-bond donors (Lipinski definition) is 0. The van der Waals surface area contributed by atoms with Gasteiger partial charge in [0.05, 0.1) is 0 Å². The van der Waals surface area contributed by atoms with Crippen molar-refractivity contribution in [2.75, 3.05) is 32.4 Å². The smallest absolute Gasteiger partial charge is 0.253 e. The molecule has 2 aliphatic rings. The van der Waals surface area contributed by atoms with Gasteiger partial charge in [0.2, 0.25) is 5.91 Å². The molecule has 1 aliphatic heterocycles. The lowest BCUT2D eigenvalue weighted by Crippen LogP contribution is -2.51. The van der Waals surface area contributed by atoms with Crippen molar-refractivity contribution in [3.63, 3.8) is 0 Å². The van der Waals surface area contributed by atoms with Gasteiger partial charge in [-0.25, -0.2) is 0 Å². The molecule has 1 aromatic rings. The molecule has 1 saturated carbocycles. The van der Waals surface area contributed by atoms with E-state index in [2.05, 4.69) is 0 Å². The highest BCUT2D eigenvalue weighted by atomic mass is 32.2. The van der Waals surface area contributed by atoms with E-state index < -0.39 is 10.8 Å². The molecular weight excluding hydrogens is 324 g/mol. The number of nitrogens with zero attached hydrogens (tertiary/aromatic N) is 2. The zero-order valence-electron chi connectivity index (χ0n) is 14.1. The van der Waals surface area contributed by atoms with Crippen molar-refractivity contribution in [3.05, 3.63) is 29.8 Å². The van der Waals surface area contributed by atoms with Crippen molar-refractivity contribution in [1.82, 2.24) is 9.80 Å². The lowest BCUT2D eigenvalue weighted by Gasteiger charge is -2.36. The van der Waals surface area contributed by atoms with Crippen molar-refractivity contribution < 1.29 is 13.8 Å². The zero-order chi connectivity index (χ0) is 17.1. The van der Waals surface area contributed by atoms with Crippen LogP contribution in [0.1, 0.15) is 36.0 Å². The number of carbonyl (C=O) groups excluding carboxylic acids is 2. The summed E-state index contributed by atoms with van der Waals surface area (Å²) in [6, 6.07) is 6.94. The van der Waals surface area contributed by atoms with Gasteiger partial charge in [-0.05, 0) is 37.1 Å². The predicted octanol–water partition coefficient (Wildman–Crippen LogP) is 1.90. The SMILES string of the molecule is CS(=O)c1ccc(C(=O)N2CCN(C(=O)C3CCCC3)CC2)cc1. The van der Waals surface area contributed by atoms with Crippen LogP contribution < -0.4 is 0 Å². The Morgan fingerprint density at radius 1 is 0.958 bits per heavy atom. The summed E-state index contributed by atoms with van der Waals surface area (Å²) in [6.07, 6.45) is 5.98. The number of piperazine rings is 1. The van der Waals surface area contributed by atoms with E-state index in [-0.39, 0.29) is 17.7 Å². The minimum absolute atomic E-state index is 0.0172. The van der Waals surface area contributed by atoms with E-state index in [4.69, 9.17) is 0 Å². The van der Waals surface area contributed by atoms with Crippen LogP contribution in [0.4, 0.5) is 0 Å². The topological polar surface area (TPSA) is 57.7 Å². The minimum atomic E-state index is -1.04. The quantitative estimate of drug-likeness (QED) is 0.838. The number of benzene rings is 1. The molecule has 3 rings (SSSR count). The molecule has 2 fully saturated rings. The molecule has 1 aliphatic carbocycles. The van der Waals surface area contributed by atoms with Crippen LogP contribution in [-0.2, 0) is 15.6 Å². The van der Waals surface area contributed by atoms with Crippen molar-refractivity contribution in [3.8, 4) is 0 Å². The molecule has 2 amide bonds. The maximum absolute atomic E-state index is 12.6. The average molecular weight is 348 g/mol. The Kier molecular flexibility index (Phi) is 5.33. The van der Waals surface area contributed by atoms with Crippen LogP contribution in [0.15, 0.2) is 29.2 Å². The first kappa shape index (κ1) is 17.1. The summed E-state index contributed by atoms with van der Waals surface area (Å²) in [5.74, 6) is 0.459. The average Bonchev–Trinajstić information content (AvgIpc) is 3.15. The molecule has 0 radical (unpaired) electrons. The van der Waals surface area contributed by atoms with Gasteiger partial charge in [-0.15, -0.1) is 0 Å². The number of hydrogen-bond acceptors (Lipinski definition) is 3. The highest BCUT2D eigenvalue weighted by molar-refractivity contribution is 7.84. The van der Waals surface area contributed by atoms with Gasteiger partial charge in [0.1, 0.15) is 0 Å². The van der Waals surface area contributed by atoms with Gasteiger partial charge in [0, 0.05) is 59.6 Å². The summed E-state index contributed by atoms with van der Waals surface area (Å²) >= 11 is 0. The maximum Gasteiger partial charge on any atom is 0.253 e. The highest BCUT2D eigenvalue weighted by Gasteiger charge is 2.30. The molecule has 5 nitrogen and oxygen atoms in total. The molecule has 1 heterocycles. The lowest BCUT2D eigenvalue weighted by atomic mass is 10.1. The van der Waals surface area contributed by atoms with E-state index in [1.165, 1.54) is 0 Å². The first-order valence-corrected chi connectivity index (χ1v) is 10.1. The Morgan fingerprint density at radius 3 is 2.04 bits per heavy atom. The zero-order valence-corrected chi connectivity index (χ0v) is 14.9. The third-order valence-corrected chi connectivity index (χ3v) is 5.95. The van der Waals surface area contributed by atoms with Gasteiger partial charge >= 0.3 is 0 Å². The fourth-order valence-electron chi connectivity index (χ4n) is 3.53. The van der Waals surface area contributed by atoms with E-state index in [0.717, 1.165) is 30.6 Å². The van der Waals surface area contributed by atoms with Crippen molar-refractivity contribution in [2.45, 2.75) is 30.6 Å². The fourth-order valence-corrected chi connectivity index (χ4v) is 4.05. The summed E-state index contributed by atoms with van der Waals surface area (Å²) in [4.78, 5) is 29.4. The van der Waals surface area contributed by atoms with Crippen LogP contribution in [0.25, 0.3) is 0 Å². The van der Waals surface area contributed by atoms with Gasteiger partial charge in [0.15, 0.2) is 0 Å². The molecule has 130 valence electrons. The minimum Gasteiger partial charge on any atom is -0.339 e. The summed E-state index contributed by atoms with van der Waals surface area (Å²) in [5.41, 5.74) is 0.611. The molecule has 6 heteroatoms. The van der Waals surface area contributed by atoms with Crippen LogP contribution in [0.5, 0.6) is 0 Å². The second-order valence-corrected chi connectivity index (χ2v) is 7.96. The van der Waals surface area contributed by atoms with Gasteiger partial charge in [-0.3, -0.25) is 13.8 Å². The summed E-state index contributed by atoms with van der Waals surface area (Å²) in [5, 5.41) is 0. The van der Waals surface area contributed by atoms with E-state index in [1.807, 2.05) is 4.90 Å². The third kappa shape index (κ3) is 3.69. The lowest BCUT2D eigenvalue weighted by molar-refractivity contribution is -0.136. The van der Waals surface area contributed by atoms with E-state index in [1.54, 1.807) is 35.4 Å². The largest absolute Gasteiger partial charge is 0.339 e. The third-order valence-electron chi connectivity index (χ3n) is 5.02. The number of rotatable bonds is 3. The molecule has 0 N–H and O–H groups in total. The van der Waals surface area contributed by atoms with Crippen molar-refractivity contribution in [2.24, 2.45) is 5.92 Å². The van der Waals surface area contributed by atoms with Crippen LogP contribution in [0.3, 0.4) is 0 Å². The fraction of sp³-hybridized carbons (Fsp3) is 0.556. The Bertz CT molecular complexity index is 630. The summed E-state index contributed by atoms with van der Waals surface area (Å²) in [6.45, 7) is 2.41. The molecule has 0 spiro atoms. The second-order valence-electron chi connectivity index (χ2n) is 6.58. The summed E-state index contributed by atoms with van der Waals surface area (Å²) < 4.78 is 11.4. The monoisotopic (exact) mass is 348 g/mol. The number of amides is 2. The molecule has 24 heavy (non-hydrogen) atoms. The van der Waals surface area contributed by atoms with Gasteiger partial charge < -0.3 is 9.80 Å². The van der Waals surface area contributed by atoms with Crippen LogP contribution in [-0.4, -0.2) is 58.3 Å². The highest BCUT2D eigenvalue weighted by Crippen LogP contribution is 2.27. The normalized spacial score (nSPS) is 20.2. The molecule has 1 aromatic carbocycles. The van der Waals surface area contributed by atoms with Crippen molar-refractivity contribution >= 4 is 22.6 Å². The molecule has 1 atom stereocenters. The van der Waals surface area contributed by atoms with E-state index in [9.17, 15) is 13.8 Å². The van der Waals surface area contributed by atoms with Gasteiger partial charge in [-0.2, -0.15) is 0 Å². The first-order chi connectivity index (χ1) is 11.6. The summed E-state index contributed by atoms with van der Waals surface area (Å²) in [7, 11) is -1.04. The molecule has 1 saturated heterocycles. The maximum atomic E-state index is 12.6. The molecule has 0 bridgehead atoms. The predicted molar refractivity (Wildman–Crippen MR) is 93.2 cm³/mol. The molecular formula is C18H24N2O3S. The van der Waals surface area contributed by atoms with E-state index in [0.29, 0.717) is 31.7 Å². The Morgan fingerprint density at radius 2 is 1.50 bits per heavy atom. The Balaban J connectivity index is 1.56. The number of carbonyl (C=O) groups is 2. The standard InChI is InChI=1S/C18H24N2O3S/c1-24(23)16-8-6-15(7-9-16)18(22)20-12-10-19(11-13-20)17(21)14-4-2-3-5-14/h6-9,14H,2-5,10-13H2,1H3. The molecule has 0 aromatic heterocycles. The van der Waals surface area contributed by atoms with Crippen LogP contribution in [0.2, 0.25) is 0 Å². The van der Waals surface area contributed by atoms with Gasteiger partial charge in [0.25, 0.3) is 5.91 Å². The van der Waals surface area contributed by atoms with Gasteiger partial charge in [-0.1, -0.05) is 12.8 Å². The molecule has 1 unspecified atom stereocenters. The second kappa shape index (κ2) is 7.47. The first-order valence-electron chi connectivity index (χ1n) is 8.58. The van der Waals surface area contributed by atoms with E-state index >= 15 is 0 Å². The Labute approximate surface area is 145 Å².